The minimum atomic E-state index is -0.716. The van der Waals surface area contributed by atoms with Gasteiger partial charge in [0, 0.05) is 47.4 Å². The molecule has 0 saturated heterocycles. The summed E-state index contributed by atoms with van der Waals surface area (Å²) in [5.41, 5.74) is 1.83. The van der Waals surface area contributed by atoms with Crippen molar-refractivity contribution in [3.63, 3.8) is 0 Å². The first-order chi connectivity index (χ1) is 14.9. The molecular weight excluding hydrogens is 422 g/mol. The molecule has 4 aromatic rings. The van der Waals surface area contributed by atoms with Crippen LogP contribution in [0.15, 0.2) is 42.9 Å². The molecule has 1 N–H and O–H groups in total. The maximum atomic E-state index is 14.6. The average molecular weight is 442 g/mol. The molecule has 0 aliphatic rings. The van der Waals surface area contributed by atoms with Crippen LogP contribution >= 0.6 is 11.3 Å². The summed E-state index contributed by atoms with van der Waals surface area (Å²) in [5, 5.41) is 4.01. The molecule has 6 nitrogen and oxygen atoms in total. The van der Waals surface area contributed by atoms with Crippen molar-refractivity contribution in [2.75, 3.05) is 11.9 Å². The largest absolute Gasteiger partial charge is 0.461 e. The van der Waals surface area contributed by atoms with Crippen molar-refractivity contribution in [1.29, 1.82) is 0 Å². The third-order valence-electron chi connectivity index (χ3n) is 4.46. The van der Waals surface area contributed by atoms with Gasteiger partial charge in [0.15, 0.2) is 10.8 Å². The molecular formula is C22H20F2N4O2S. The molecule has 0 saturated carbocycles. The molecule has 0 radical (unpaired) electrons. The van der Waals surface area contributed by atoms with E-state index in [1.54, 1.807) is 29.8 Å². The number of thiazole rings is 1. The van der Waals surface area contributed by atoms with Crippen LogP contribution in [0.4, 0.5) is 13.9 Å². The second-order valence-corrected chi connectivity index (χ2v) is 8.20. The summed E-state index contributed by atoms with van der Waals surface area (Å²) in [5.74, 6) is -1.96. The first-order valence-electron chi connectivity index (χ1n) is 9.73. The number of nitrogens with one attached hydrogen (secondary N) is 1. The highest BCUT2D eigenvalue weighted by Gasteiger charge is 2.19. The maximum absolute atomic E-state index is 14.6. The van der Waals surface area contributed by atoms with Gasteiger partial charge in [-0.25, -0.2) is 23.5 Å². The van der Waals surface area contributed by atoms with Gasteiger partial charge in [-0.3, -0.25) is 0 Å². The lowest BCUT2D eigenvalue weighted by molar-refractivity contribution is 0.0520. The summed E-state index contributed by atoms with van der Waals surface area (Å²) in [6.07, 6.45) is 5.06. The van der Waals surface area contributed by atoms with Crippen LogP contribution in [0.1, 0.15) is 31.3 Å². The topological polar surface area (TPSA) is 68.5 Å². The van der Waals surface area contributed by atoms with E-state index in [0.29, 0.717) is 11.2 Å². The average Bonchev–Trinajstić information content (AvgIpc) is 3.34. The van der Waals surface area contributed by atoms with Crippen molar-refractivity contribution in [2.24, 2.45) is 0 Å². The van der Waals surface area contributed by atoms with Crippen LogP contribution in [0.2, 0.25) is 0 Å². The van der Waals surface area contributed by atoms with Crippen LogP contribution in [0, 0.1) is 11.6 Å². The SMILES string of the molecule is CCOC(=O)c1cn2cc(-c3cnc(NC(C)C)s3)cc(-c3ccc(F)cc3F)c2n1. The molecule has 0 atom stereocenters. The van der Waals surface area contributed by atoms with Crippen LogP contribution in [0.25, 0.3) is 27.2 Å². The molecule has 0 spiro atoms. The zero-order valence-corrected chi connectivity index (χ0v) is 18.0. The highest BCUT2D eigenvalue weighted by Crippen LogP contribution is 2.35. The number of imidazole rings is 1. The number of hydrogen-bond donors (Lipinski definition) is 1. The van der Waals surface area contributed by atoms with E-state index in [1.807, 2.05) is 13.8 Å². The molecule has 160 valence electrons. The van der Waals surface area contributed by atoms with Crippen molar-refractivity contribution in [2.45, 2.75) is 26.8 Å². The van der Waals surface area contributed by atoms with Crippen LogP contribution in [-0.4, -0.2) is 33.0 Å². The maximum Gasteiger partial charge on any atom is 0.358 e. The number of anilines is 1. The lowest BCUT2D eigenvalue weighted by atomic mass is 10.0. The van der Waals surface area contributed by atoms with Gasteiger partial charge >= 0.3 is 5.97 Å². The van der Waals surface area contributed by atoms with E-state index in [-0.39, 0.29) is 23.9 Å². The fourth-order valence-electron chi connectivity index (χ4n) is 3.16. The summed E-state index contributed by atoms with van der Waals surface area (Å²) < 4.78 is 34.8. The summed E-state index contributed by atoms with van der Waals surface area (Å²) in [6, 6.07) is 5.37. The number of ether oxygens (including phenoxy) is 1. The van der Waals surface area contributed by atoms with E-state index >= 15 is 0 Å². The standard InChI is InChI=1S/C22H20F2N4O2S/c1-4-30-21(29)18-11-28-10-13(19-9-25-22(31-19)26-12(2)3)7-16(20(28)27-18)15-6-5-14(23)8-17(15)24/h5-12H,4H2,1-3H3,(H,25,26). The van der Waals surface area contributed by atoms with Gasteiger partial charge in [-0.2, -0.15) is 0 Å². The first-order valence-corrected chi connectivity index (χ1v) is 10.6. The van der Waals surface area contributed by atoms with Gasteiger partial charge < -0.3 is 14.5 Å². The van der Waals surface area contributed by atoms with E-state index in [0.717, 1.165) is 21.6 Å². The minimum Gasteiger partial charge on any atom is -0.461 e. The number of fused-ring (bicyclic) bond motifs is 1. The molecule has 4 rings (SSSR count). The van der Waals surface area contributed by atoms with Crippen molar-refractivity contribution < 1.29 is 18.3 Å². The molecule has 0 aliphatic heterocycles. The summed E-state index contributed by atoms with van der Waals surface area (Å²) in [4.78, 5) is 21.8. The number of aromatic nitrogens is 3. The van der Waals surface area contributed by atoms with Gasteiger partial charge in [-0.1, -0.05) is 11.3 Å². The molecule has 1 aromatic carbocycles. The number of hydrogen-bond acceptors (Lipinski definition) is 6. The van der Waals surface area contributed by atoms with Gasteiger partial charge in [0.05, 0.1) is 11.5 Å². The second kappa shape index (κ2) is 8.43. The number of esters is 1. The Bertz CT molecular complexity index is 1270. The normalized spacial score (nSPS) is 11.3. The third kappa shape index (κ3) is 4.27. The van der Waals surface area contributed by atoms with Gasteiger partial charge in [-0.15, -0.1) is 0 Å². The number of benzene rings is 1. The van der Waals surface area contributed by atoms with E-state index in [9.17, 15) is 13.6 Å². The Morgan fingerprint density at radius 1 is 1.23 bits per heavy atom. The second-order valence-electron chi connectivity index (χ2n) is 7.17. The van der Waals surface area contributed by atoms with E-state index in [1.165, 1.54) is 29.7 Å². The summed E-state index contributed by atoms with van der Waals surface area (Å²) in [7, 11) is 0. The number of nitrogens with zero attached hydrogens (tertiary/aromatic N) is 3. The number of rotatable bonds is 6. The van der Waals surface area contributed by atoms with E-state index in [4.69, 9.17) is 4.74 Å². The van der Waals surface area contributed by atoms with Gasteiger partial charge in [0.25, 0.3) is 0 Å². The van der Waals surface area contributed by atoms with Gasteiger partial charge in [0.1, 0.15) is 17.3 Å². The van der Waals surface area contributed by atoms with Crippen molar-refractivity contribution in [3.05, 3.63) is 60.2 Å². The monoisotopic (exact) mass is 442 g/mol. The highest BCUT2D eigenvalue weighted by atomic mass is 32.1. The molecule has 3 heterocycles. The molecule has 0 aliphatic carbocycles. The molecule has 0 amide bonds. The number of halogens is 2. The Morgan fingerprint density at radius 2 is 2.03 bits per heavy atom. The zero-order chi connectivity index (χ0) is 22.1. The molecule has 0 fully saturated rings. The van der Waals surface area contributed by atoms with E-state index < -0.39 is 17.6 Å². The Kier molecular flexibility index (Phi) is 5.69. The Labute approximate surface area is 181 Å². The molecule has 3 aromatic heterocycles. The first kappa shape index (κ1) is 20.9. The predicted molar refractivity (Wildman–Crippen MR) is 116 cm³/mol. The number of pyridine rings is 1. The van der Waals surface area contributed by atoms with Crippen molar-refractivity contribution in [1.82, 2.24) is 14.4 Å². The molecule has 0 unspecified atom stereocenters. The van der Waals surface area contributed by atoms with Crippen LogP contribution in [0.3, 0.4) is 0 Å². The number of carbonyl (C=O) groups excluding carboxylic acids is 1. The van der Waals surface area contributed by atoms with Crippen LogP contribution < -0.4 is 5.32 Å². The highest BCUT2D eigenvalue weighted by molar-refractivity contribution is 7.18. The van der Waals surface area contributed by atoms with E-state index in [2.05, 4.69) is 15.3 Å². The third-order valence-corrected chi connectivity index (χ3v) is 5.44. The summed E-state index contributed by atoms with van der Waals surface area (Å²) >= 11 is 1.45. The minimum absolute atomic E-state index is 0.106. The molecule has 9 heteroatoms. The smallest absolute Gasteiger partial charge is 0.358 e. The lowest BCUT2D eigenvalue weighted by Crippen LogP contribution is -2.08. The molecule has 0 bridgehead atoms. The Balaban J connectivity index is 1.90. The fourth-order valence-corrected chi connectivity index (χ4v) is 4.11. The van der Waals surface area contributed by atoms with Crippen LogP contribution in [-0.2, 0) is 4.74 Å². The number of carbonyl (C=O) groups is 1. The fraction of sp³-hybridized carbons (Fsp3) is 0.227. The van der Waals surface area contributed by atoms with Crippen molar-refractivity contribution in [3.8, 4) is 21.6 Å². The molecule has 31 heavy (non-hydrogen) atoms. The van der Waals surface area contributed by atoms with Crippen molar-refractivity contribution >= 4 is 28.1 Å². The zero-order valence-electron chi connectivity index (χ0n) is 17.1. The summed E-state index contributed by atoms with van der Waals surface area (Å²) in [6.45, 7) is 5.96. The Morgan fingerprint density at radius 3 is 2.74 bits per heavy atom. The van der Waals surface area contributed by atoms with Gasteiger partial charge in [-0.05, 0) is 39.0 Å². The Hall–Kier alpha value is -3.33. The van der Waals surface area contributed by atoms with Crippen LogP contribution in [0.5, 0.6) is 0 Å². The quantitative estimate of drug-likeness (QED) is 0.405. The predicted octanol–water partition coefficient (Wildman–Crippen LogP) is 5.40. The lowest BCUT2D eigenvalue weighted by Gasteiger charge is -2.09. The van der Waals surface area contributed by atoms with Gasteiger partial charge in [0.2, 0.25) is 0 Å².